The first kappa shape index (κ1) is 39.4. The Morgan fingerprint density at radius 1 is 0.649 bits per heavy atom. The predicted octanol–water partition coefficient (Wildman–Crippen LogP) is 3.95. The molecule has 4 N–H and O–H groups in total. The van der Waals surface area contributed by atoms with Crippen LogP contribution in [-0.4, -0.2) is 90.4 Å². The molecule has 2 saturated heterocycles. The molecule has 0 bridgehead atoms. The molecule has 7 rings (SSSR count). The summed E-state index contributed by atoms with van der Waals surface area (Å²) in [7, 11) is 2.82. The number of hydrogen-bond acceptors (Lipinski definition) is 12. The van der Waals surface area contributed by atoms with E-state index in [1.165, 1.54) is 14.2 Å². The molecule has 0 saturated carbocycles. The van der Waals surface area contributed by atoms with Crippen molar-refractivity contribution in [3.63, 3.8) is 0 Å². The van der Waals surface area contributed by atoms with Crippen LogP contribution in [-0.2, 0) is 28.7 Å². The number of aromatic nitrogens is 1. The Morgan fingerprint density at radius 2 is 1.07 bits per heavy atom. The van der Waals surface area contributed by atoms with Gasteiger partial charge in [-0.25, -0.2) is 14.8 Å². The maximum absolute atomic E-state index is 14.0. The zero-order chi connectivity index (χ0) is 40.1. The quantitative estimate of drug-likeness (QED) is 0.144. The van der Waals surface area contributed by atoms with Crippen molar-refractivity contribution >= 4 is 35.0 Å². The van der Waals surface area contributed by atoms with Crippen LogP contribution in [0.2, 0.25) is 0 Å². The van der Waals surface area contributed by atoms with Gasteiger partial charge in [0.05, 0.1) is 41.9 Å². The van der Waals surface area contributed by atoms with Gasteiger partial charge in [0.2, 0.25) is 5.89 Å². The highest BCUT2D eigenvalue weighted by Crippen LogP contribution is 2.32. The van der Waals surface area contributed by atoms with E-state index in [-0.39, 0.29) is 31.8 Å². The first-order valence-electron chi connectivity index (χ1n) is 18.6. The average molecular weight is 774 g/mol. The summed E-state index contributed by atoms with van der Waals surface area (Å²) in [6.45, 7) is 0.472. The number of carbonyl (C=O) groups excluding carboxylic acids is 4. The van der Waals surface area contributed by atoms with Gasteiger partial charge < -0.3 is 34.7 Å². The maximum atomic E-state index is 14.0. The third-order valence-corrected chi connectivity index (χ3v) is 10.1. The number of aliphatic hydroxyl groups excluding tert-OH is 2. The molecule has 14 nitrogen and oxygen atoms in total. The fourth-order valence-corrected chi connectivity index (χ4v) is 7.17. The van der Waals surface area contributed by atoms with E-state index in [0.29, 0.717) is 39.4 Å². The number of nitrogens with zero attached hydrogens (tertiary/aromatic N) is 3. The zero-order valence-corrected chi connectivity index (χ0v) is 31.4. The third kappa shape index (κ3) is 8.46. The summed E-state index contributed by atoms with van der Waals surface area (Å²) in [5, 5.41) is 26.2. The van der Waals surface area contributed by atoms with Gasteiger partial charge >= 0.3 is 0 Å². The van der Waals surface area contributed by atoms with Crippen LogP contribution in [0.15, 0.2) is 120 Å². The van der Waals surface area contributed by atoms with Crippen LogP contribution >= 0.6 is 0 Å². The van der Waals surface area contributed by atoms with E-state index in [1.807, 2.05) is 12.1 Å². The molecule has 294 valence electrons. The number of amides is 4. The molecule has 0 spiro atoms. The molecule has 3 heterocycles. The normalized spacial score (nSPS) is 20.1. The fourth-order valence-electron chi connectivity index (χ4n) is 7.17. The molecule has 2 fully saturated rings. The van der Waals surface area contributed by atoms with Crippen molar-refractivity contribution in [2.45, 2.75) is 49.3 Å². The summed E-state index contributed by atoms with van der Waals surface area (Å²) < 4.78 is 17.3. The van der Waals surface area contributed by atoms with Crippen molar-refractivity contribution in [1.82, 2.24) is 15.6 Å². The van der Waals surface area contributed by atoms with Crippen LogP contribution in [0.5, 0.6) is 0 Å². The lowest BCUT2D eigenvalue weighted by Crippen LogP contribution is -2.48. The summed E-state index contributed by atoms with van der Waals surface area (Å²) in [6.07, 6.45) is -1.65. The monoisotopic (exact) mass is 773 g/mol. The standard InChI is InChI=1S/C43H43N5O9/c1-55-37(27-9-5-3-6-10-27)42(53)47(40(51)34-21-32(49)23-44-34)30-17-13-26(14-18-30)36-25-46-39(57-36)29-15-19-31(20-16-29)48(41(52)35-22-33(50)24-45-35)43(54)38(56-2)28-11-7-4-8-12-28/h3-20,25,32-35,37-38,44-45,49-50H,21-24H2,1-2H3/t32-,33-,34?,35+,37?,38+/m1/s1. The highest BCUT2D eigenvalue weighted by atomic mass is 16.5. The predicted molar refractivity (Wildman–Crippen MR) is 210 cm³/mol. The number of methoxy groups -OCH3 is 2. The highest BCUT2D eigenvalue weighted by Gasteiger charge is 2.39. The van der Waals surface area contributed by atoms with E-state index < -0.39 is 60.1 Å². The minimum Gasteiger partial charge on any atom is -0.436 e. The van der Waals surface area contributed by atoms with E-state index in [0.717, 1.165) is 9.80 Å². The Labute approximate surface area is 329 Å². The van der Waals surface area contributed by atoms with E-state index in [9.17, 15) is 29.4 Å². The first-order chi connectivity index (χ1) is 27.7. The van der Waals surface area contributed by atoms with Crippen LogP contribution in [0.25, 0.3) is 22.8 Å². The van der Waals surface area contributed by atoms with Crippen molar-refractivity contribution in [3.05, 3.63) is 127 Å². The number of rotatable bonds is 12. The van der Waals surface area contributed by atoms with Crippen molar-refractivity contribution in [2.75, 3.05) is 37.1 Å². The van der Waals surface area contributed by atoms with Crippen molar-refractivity contribution in [1.29, 1.82) is 0 Å². The lowest BCUT2D eigenvalue weighted by atomic mass is 10.1. The van der Waals surface area contributed by atoms with Crippen LogP contribution in [0.3, 0.4) is 0 Å². The molecule has 0 aliphatic carbocycles. The number of imide groups is 2. The summed E-state index contributed by atoms with van der Waals surface area (Å²) >= 11 is 0. The number of hydrogen-bond donors (Lipinski definition) is 4. The largest absolute Gasteiger partial charge is 0.436 e. The number of β-amino-alcohol motifs (C(OH)–C–C–N with tert-alkyl or cyclic N) is 2. The third-order valence-electron chi connectivity index (χ3n) is 10.1. The topological polar surface area (TPSA) is 184 Å². The zero-order valence-electron chi connectivity index (χ0n) is 31.4. The van der Waals surface area contributed by atoms with Crippen molar-refractivity contribution in [2.24, 2.45) is 0 Å². The van der Waals surface area contributed by atoms with Gasteiger partial charge in [-0.1, -0.05) is 60.7 Å². The van der Waals surface area contributed by atoms with Gasteiger partial charge in [-0.3, -0.25) is 19.2 Å². The molecule has 4 aromatic carbocycles. The fraction of sp³-hybridized carbons (Fsp3) is 0.279. The van der Waals surface area contributed by atoms with Gasteiger partial charge in [0.1, 0.15) is 0 Å². The molecule has 2 aliphatic heterocycles. The van der Waals surface area contributed by atoms with Crippen LogP contribution in [0.1, 0.15) is 36.2 Å². The molecule has 0 radical (unpaired) electrons. The molecule has 5 aromatic rings. The summed E-state index contributed by atoms with van der Waals surface area (Å²) in [4.78, 5) is 62.3. The minimum atomic E-state index is -1.05. The van der Waals surface area contributed by atoms with E-state index in [2.05, 4.69) is 15.6 Å². The number of aliphatic hydroxyl groups is 2. The molecule has 2 aliphatic rings. The van der Waals surface area contributed by atoms with Crippen LogP contribution in [0, 0.1) is 0 Å². The van der Waals surface area contributed by atoms with Gasteiger partial charge in [0, 0.05) is 38.4 Å². The van der Waals surface area contributed by atoms with E-state index in [1.54, 1.807) is 103 Å². The van der Waals surface area contributed by atoms with Crippen LogP contribution < -0.4 is 20.4 Å². The minimum absolute atomic E-state index is 0.164. The smallest absolute Gasteiger partial charge is 0.267 e. The number of nitrogens with one attached hydrogen (secondary N) is 2. The van der Waals surface area contributed by atoms with Gasteiger partial charge in [0.15, 0.2) is 18.0 Å². The Hall–Kier alpha value is -5.87. The second-order valence-electron chi connectivity index (χ2n) is 13.9. The van der Waals surface area contributed by atoms with E-state index >= 15 is 0 Å². The average Bonchev–Trinajstić information content (AvgIpc) is 4.02. The summed E-state index contributed by atoms with van der Waals surface area (Å²) in [5.74, 6) is -1.50. The number of ether oxygens (including phenoxy) is 2. The molecule has 14 heteroatoms. The first-order valence-corrected chi connectivity index (χ1v) is 18.6. The number of carbonyl (C=O) groups is 4. The second kappa shape index (κ2) is 17.5. The van der Waals surface area contributed by atoms with Crippen LogP contribution in [0.4, 0.5) is 11.4 Å². The lowest BCUT2D eigenvalue weighted by molar-refractivity contribution is -0.135. The van der Waals surface area contributed by atoms with Gasteiger partial charge in [-0.15, -0.1) is 0 Å². The molecule has 6 atom stereocenters. The molecular formula is C43H43N5O9. The van der Waals surface area contributed by atoms with Gasteiger partial charge in [0.25, 0.3) is 23.6 Å². The Morgan fingerprint density at radius 3 is 1.46 bits per heavy atom. The molecule has 1 aromatic heterocycles. The van der Waals surface area contributed by atoms with Gasteiger partial charge in [-0.2, -0.15) is 0 Å². The highest BCUT2D eigenvalue weighted by molar-refractivity contribution is 6.19. The Kier molecular flexibility index (Phi) is 12.1. The Bertz CT molecular complexity index is 2030. The summed E-state index contributed by atoms with van der Waals surface area (Å²) in [5.41, 5.74) is 2.98. The molecule has 4 amide bonds. The number of benzene rings is 4. The van der Waals surface area contributed by atoms with Gasteiger partial charge in [-0.05, 0) is 72.5 Å². The van der Waals surface area contributed by atoms with Crippen molar-refractivity contribution < 1.29 is 43.3 Å². The molecular weight excluding hydrogens is 730 g/mol. The maximum Gasteiger partial charge on any atom is 0.267 e. The number of anilines is 2. The number of oxazole rings is 1. The summed E-state index contributed by atoms with van der Waals surface area (Å²) in [6, 6.07) is 29.6. The lowest BCUT2D eigenvalue weighted by Gasteiger charge is -2.28. The SMILES string of the molecule is COC(C(=O)N(C(=O)C1C[C@@H](O)CN1)c1ccc(-c2cnc(-c3ccc(N(C(=O)[C@@H]4C[C@@H](O)CN4)C(=O)[C@@H](OC)c4ccccc4)cc3)o2)cc1)c1ccccc1. The Balaban J connectivity index is 1.13. The molecule has 2 unspecified atom stereocenters. The van der Waals surface area contributed by atoms with E-state index in [4.69, 9.17) is 13.9 Å². The second-order valence-corrected chi connectivity index (χ2v) is 13.9. The van der Waals surface area contributed by atoms with Crippen molar-refractivity contribution in [3.8, 4) is 22.8 Å². The molecule has 57 heavy (non-hydrogen) atoms.